The fourth-order valence-electron chi connectivity index (χ4n) is 1.49. The fraction of sp³-hybridized carbons (Fsp3) is 1.00. The summed E-state index contributed by atoms with van der Waals surface area (Å²) in [6, 6.07) is 0. The molecule has 0 aliphatic rings. The van der Waals surface area contributed by atoms with E-state index < -0.39 is 61.8 Å². The molecule has 0 fully saturated rings. The summed E-state index contributed by atoms with van der Waals surface area (Å²) in [5.41, 5.74) is -7.29. The van der Waals surface area contributed by atoms with Gasteiger partial charge in [-0.25, -0.2) is 17.9 Å². The zero-order valence-electron chi connectivity index (χ0n) is 13.7. The van der Waals surface area contributed by atoms with Crippen molar-refractivity contribution in [2.75, 3.05) is 6.79 Å². The van der Waals surface area contributed by atoms with Crippen LogP contribution >= 0.6 is 0 Å². The average molecular weight is 492 g/mol. The first-order chi connectivity index (χ1) is 12.9. The van der Waals surface area contributed by atoms with E-state index in [1.54, 1.807) is 0 Å². The van der Waals surface area contributed by atoms with Gasteiger partial charge in [0.25, 0.3) is 6.36 Å². The Bertz CT molecular complexity index is 552. The number of rotatable bonds is 9. The molecule has 0 saturated carbocycles. The second-order valence-corrected chi connectivity index (χ2v) is 5.24. The van der Waals surface area contributed by atoms with Gasteiger partial charge in [-0.05, 0) is 6.92 Å². The SMILES string of the molecule is CC(F)C(F)(F)OC(F)(F)C(F)(C(OCOC(F)C(F)(F)F)C(F)(F)F)C(F)(F)F. The van der Waals surface area contributed by atoms with Crippen molar-refractivity contribution in [3.8, 4) is 0 Å². The first-order valence-electron chi connectivity index (χ1n) is 6.77. The van der Waals surface area contributed by atoms with Crippen molar-refractivity contribution in [3.63, 3.8) is 0 Å². The van der Waals surface area contributed by atoms with Gasteiger partial charge in [0.2, 0.25) is 6.10 Å². The maximum absolute atomic E-state index is 14.1. The lowest BCUT2D eigenvalue weighted by atomic mass is 9.95. The van der Waals surface area contributed by atoms with Crippen LogP contribution in [0.1, 0.15) is 6.92 Å². The number of hydrogen-bond acceptors (Lipinski definition) is 3. The van der Waals surface area contributed by atoms with E-state index in [2.05, 4.69) is 9.47 Å². The molecule has 30 heavy (non-hydrogen) atoms. The van der Waals surface area contributed by atoms with E-state index >= 15 is 0 Å². The van der Waals surface area contributed by atoms with Crippen molar-refractivity contribution in [2.24, 2.45) is 0 Å². The zero-order chi connectivity index (χ0) is 24.6. The minimum absolute atomic E-state index is 0.298. The molecule has 4 unspecified atom stereocenters. The van der Waals surface area contributed by atoms with E-state index in [0.29, 0.717) is 0 Å². The summed E-state index contributed by atoms with van der Waals surface area (Å²) in [4.78, 5) is 0. The van der Waals surface area contributed by atoms with E-state index in [1.165, 1.54) is 0 Å². The molecule has 0 rings (SSSR count). The summed E-state index contributed by atoms with van der Waals surface area (Å²) in [7, 11) is 0. The highest BCUT2D eigenvalue weighted by Crippen LogP contribution is 2.54. The lowest BCUT2D eigenvalue weighted by molar-refractivity contribution is -0.478. The quantitative estimate of drug-likeness (QED) is 0.310. The zero-order valence-corrected chi connectivity index (χ0v) is 13.7. The van der Waals surface area contributed by atoms with Crippen LogP contribution in [-0.2, 0) is 14.2 Å². The third-order valence-corrected chi connectivity index (χ3v) is 2.93. The molecule has 3 nitrogen and oxygen atoms in total. The van der Waals surface area contributed by atoms with Crippen molar-refractivity contribution in [1.82, 2.24) is 0 Å². The molecular formula is C11H8F16O3. The van der Waals surface area contributed by atoms with Crippen LogP contribution in [0.5, 0.6) is 0 Å². The first-order valence-corrected chi connectivity index (χ1v) is 6.77. The van der Waals surface area contributed by atoms with E-state index in [9.17, 15) is 70.2 Å². The predicted molar refractivity (Wildman–Crippen MR) is 59.3 cm³/mol. The van der Waals surface area contributed by atoms with Crippen LogP contribution in [0.3, 0.4) is 0 Å². The van der Waals surface area contributed by atoms with Crippen molar-refractivity contribution in [1.29, 1.82) is 0 Å². The molecule has 0 amide bonds. The van der Waals surface area contributed by atoms with Gasteiger partial charge in [-0.15, -0.1) is 0 Å². The maximum atomic E-state index is 14.1. The standard InChI is InChI=1S/C11H8F16O3/c1-3(12)9(21,22)30-11(26,27)6(14,10(23,24)25)4(7(15,16)17)28-2-29-5(13)8(18,19)20/h3-5H,2H2,1H3. The molecular weight excluding hydrogens is 484 g/mol. The van der Waals surface area contributed by atoms with Crippen LogP contribution in [0.4, 0.5) is 70.2 Å². The van der Waals surface area contributed by atoms with Crippen LogP contribution in [-0.4, -0.2) is 61.8 Å². The molecule has 0 aliphatic heterocycles. The van der Waals surface area contributed by atoms with Crippen LogP contribution in [0, 0.1) is 0 Å². The number of alkyl halides is 16. The molecule has 0 aromatic carbocycles. The molecule has 4 atom stereocenters. The number of hydrogen-bond donors (Lipinski definition) is 0. The first kappa shape index (κ1) is 28.8. The molecule has 0 heterocycles. The molecule has 0 N–H and O–H groups in total. The molecule has 19 heteroatoms. The molecule has 0 bridgehead atoms. The summed E-state index contributed by atoms with van der Waals surface area (Å²) in [5, 5.41) is 0. The summed E-state index contributed by atoms with van der Waals surface area (Å²) in [6.45, 7) is -3.16. The van der Waals surface area contributed by atoms with Gasteiger partial charge in [0.15, 0.2) is 13.0 Å². The normalized spacial score (nSPS) is 19.9. The molecule has 0 saturated heterocycles. The minimum atomic E-state index is -7.47. The monoisotopic (exact) mass is 492 g/mol. The Hall–Kier alpha value is -1.24. The van der Waals surface area contributed by atoms with E-state index in [1.807, 2.05) is 4.74 Å². The van der Waals surface area contributed by atoms with Gasteiger partial charge >= 0.3 is 36.4 Å². The van der Waals surface area contributed by atoms with Crippen molar-refractivity contribution in [2.45, 2.75) is 62.0 Å². The molecule has 0 aromatic rings. The van der Waals surface area contributed by atoms with Crippen LogP contribution in [0.25, 0.3) is 0 Å². The Balaban J connectivity index is 6.16. The smallest absolute Gasteiger partial charge is 0.338 e. The highest BCUT2D eigenvalue weighted by atomic mass is 19.4. The highest BCUT2D eigenvalue weighted by molar-refractivity contribution is 5.05. The lowest BCUT2D eigenvalue weighted by Crippen LogP contribution is -2.69. The van der Waals surface area contributed by atoms with Gasteiger partial charge in [0.05, 0.1) is 0 Å². The lowest BCUT2D eigenvalue weighted by Gasteiger charge is -2.40. The molecule has 0 spiro atoms. The predicted octanol–water partition coefficient (Wildman–Crippen LogP) is 5.60. The Morgan fingerprint density at radius 1 is 0.667 bits per heavy atom. The summed E-state index contributed by atoms with van der Waals surface area (Å²) in [5.74, 6) is 0. The van der Waals surface area contributed by atoms with Crippen molar-refractivity contribution >= 4 is 0 Å². The third kappa shape index (κ3) is 6.38. The fourth-order valence-corrected chi connectivity index (χ4v) is 1.49. The Labute approximate surface area is 154 Å². The van der Waals surface area contributed by atoms with Crippen LogP contribution < -0.4 is 0 Å². The van der Waals surface area contributed by atoms with Gasteiger partial charge < -0.3 is 9.47 Å². The summed E-state index contributed by atoms with van der Waals surface area (Å²) >= 11 is 0. The van der Waals surface area contributed by atoms with E-state index in [4.69, 9.17) is 0 Å². The van der Waals surface area contributed by atoms with Gasteiger partial charge in [0, 0.05) is 0 Å². The molecule has 182 valence electrons. The van der Waals surface area contributed by atoms with Crippen LogP contribution in [0.15, 0.2) is 0 Å². The summed E-state index contributed by atoms with van der Waals surface area (Å²) < 4.78 is 212. The van der Waals surface area contributed by atoms with E-state index in [0.717, 1.165) is 0 Å². The summed E-state index contributed by atoms with van der Waals surface area (Å²) in [6.07, 6.45) is -47.6. The van der Waals surface area contributed by atoms with Gasteiger partial charge in [0.1, 0.15) is 0 Å². The molecule has 0 aromatic heterocycles. The van der Waals surface area contributed by atoms with Crippen LogP contribution in [0.2, 0.25) is 0 Å². The Morgan fingerprint density at radius 3 is 1.40 bits per heavy atom. The Kier molecular flexibility index (Phi) is 8.35. The van der Waals surface area contributed by atoms with Gasteiger partial charge in [-0.2, -0.15) is 57.1 Å². The second-order valence-electron chi connectivity index (χ2n) is 5.24. The minimum Gasteiger partial charge on any atom is -0.338 e. The van der Waals surface area contributed by atoms with Gasteiger partial charge in [-0.1, -0.05) is 0 Å². The maximum Gasteiger partial charge on any atom is 0.445 e. The van der Waals surface area contributed by atoms with Crippen molar-refractivity contribution in [3.05, 3.63) is 0 Å². The number of ether oxygens (including phenoxy) is 3. The largest absolute Gasteiger partial charge is 0.445 e. The van der Waals surface area contributed by atoms with Gasteiger partial charge in [-0.3, -0.25) is 0 Å². The Morgan fingerprint density at radius 2 is 1.10 bits per heavy atom. The third-order valence-electron chi connectivity index (χ3n) is 2.93. The number of halogens is 16. The second kappa shape index (κ2) is 8.71. The highest BCUT2D eigenvalue weighted by Gasteiger charge is 2.83. The topological polar surface area (TPSA) is 27.7 Å². The average Bonchev–Trinajstić information content (AvgIpc) is 2.45. The molecule has 0 aliphatic carbocycles. The molecule has 0 radical (unpaired) electrons. The van der Waals surface area contributed by atoms with E-state index in [-0.39, 0.29) is 6.92 Å². The van der Waals surface area contributed by atoms with Crippen molar-refractivity contribution < 1.29 is 84.5 Å².